The molecule has 0 aliphatic rings. The summed E-state index contributed by atoms with van der Waals surface area (Å²) in [6, 6.07) is 0.123. The van der Waals surface area contributed by atoms with Gasteiger partial charge in [-0.25, -0.2) is 4.98 Å². The number of ether oxygens (including phenoxy) is 1. The Morgan fingerprint density at radius 1 is 1.67 bits per heavy atom. The van der Waals surface area contributed by atoms with E-state index in [9.17, 15) is 4.79 Å². The first-order chi connectivity index (χ1) is 7.20. The maximum atomic E-state index is 11.7. The van der Waals surface area contributed by atoms with Gasteiger partial charge >= 0.3 is 0 Å². The second-order valence-corrected chi connectivity index (χ2v) is 3.63. The van der Waals surface area contributed by atoms with Crippen LogP contribution in [0.2, 0.25) is 5.15 Å². The number of hydrogen-bond donors (Lipinski definition) is 0. The van der Waals surface area contributed by atoms with Crippen LogP contribution in [0, 0.1) is 0 Å². The van der Waals surface area contributed by atoms with Gasteiger partial charge in [-0.05, 0) is 12.8 Å². The number of nitrogens with zero attached hydrogens (tertiary/aromatic N) is 2. The summed E-state index contributed by atoms with van der Waals surface area (Å²) in [5.74, 6) is 0. The Balaban J connectivity index is 2.91. The van der Waals surface area contributed by atoms with Gasteiger partial charge in [0.1, 0.15) is 0 Å². The van der Waals surface area contributed by atoms with Crippen LogP contribution in [0.1, 0.15) is 25.8 Å². The van der Waals surface area contributed by atoms with E-state index in [4.69, 9.17) is 16.3 Å². The van der Waals surface area contributed by atoms with Gasteiger partial charge in [0.15, 0.2) is 5.15 Å². The lowest BCUT2D eigenvalue weighted by atomic mass is 10.1. The van der Waals surface area contributed by atoms with Crippen LogP contribution in [-0.2, 0) is 4.74 Å². The molecule has 0 bridgehead atoms. The zero-order valence-corrected chi connectivity index (χ0v) is 9.70. The first-order valence-corrected chi connectivity index (χ1v) is 5.30. The van der Waals surface area contributed by atoms with E-state index in [-0.39, 0.29) is 16.8 Å². The van der Waals surface area contributed by atoms with Crippen LogP contribution in [0.5, 0.6) is 0 Å². The summed E-state index contributed by atoms with van der Waals surface area (Å²) >= 11 is 5.67. The Morgan fingerprint density at radius 2 is 2.40 bits per heavy atom. The van der Waals surface area contributed by atoms with Crippen LogP contribution in [0.15, 0.2) is 17.2 Å². The molecule has 1 heterocycles. The molecular weight excluding hydrogens is 216 g/mol. The molecule has 0 aromatic carbocycles. The molecule has 84 valence electrons. The minimum Gasteiger partial charge on any atom is -0.385 e. The Kier molecular flexibility index (Phi) is 4.78. The first kappa shape index (κ1) is 12.2. The Morgan fingerprint density at radius 3 is 3.00 bits per heavy atom. The summed E-state index contributed by atoms with van der Waals surface area (Å²) in [5.41, 5.74) is -0.234. The van der Waals surface area contributed by atoms with Crippen molar-refractivity contribution in [1.82, 2.24) is 9.55 Å². The second-order valence-electron chi connectivity index (χ2n) is 3.27. The molecule has 0 saturated heterocycles. The lowest BCUT2D eigenvalue weighted by Crippen LogP contribution is -2.25. The Hall–Kier alpha value is -0.870. The molecular formula is C10H15ClN2O2. The van der Waals surface area contributed by atoms with E-state index < -0.39 is 0 Å². The van der Waals surface area contributed by atoms with Crippen LogP contribution in [0.25, 0.3) is 0 Å². The highest BCUT2D eigenvalue weighted by Gasteiger charge is 2.11. The minimum absolute atomic E-state index is 0.0216. The molecule has 1 rings (SSSR count). The van der Waals surface area contributed by atoms with Crippen molar-refractivity contribution < 1.29 is 4.74 Å². The molecule has 4 nitrogen and oxygen atoms in total. The van der Waals surface area contributed by atoms with Crippen LogP contribution in [0.3, 0.4) is 0 Å². The molecule has 1 aromatic heterocycles. The van der Waals surface area contributed by atoms with Crippen molar-refractivity contribution >= 4 is 11.6 Å². The summed E-state index contributed by atoms with van der Waals surface area (Å²) in [4.78, 5) is 15.4. The van der Waals surface area contributed by atoms with Crippen molar-refractivity contribution in [2.75, 3.05) is 13.7 Å². The van der Waals surface area contributed by atoms with Gasteiger partial charge in [0.25, 0.3) is 5.56 Å². The van der Waals surface area contributed by atoms with Crippen LogP contribution >= 0.6 is 11.6 Å². The summed E-state index contributed by atoms with van der Waals surface area (Å²) in [6.45, 7) is 2.66. The molecule has 1 unspecified atom stereocenters. The fourth-order valence-electron chi connectivity index (χ4n) is 1.48. The molecule has 0 amide bonds. The van der Waals surface area contributed by atoms with E-state index in [0.29, 0.717) is 6.61 Å². The van der Waals surface area contributed by atoms with Crippen LogP contribution in [-0.4, -0.2) is 23.3 Å². The van der Waals surface area contributed by atoms with E-state index >= 15 is 0 Å². The Labute approximate surface area is 93.8 Å². The molecule has 0 spiro atoms. The molecule has 0 radical (unpaired) electrons. The van der Waals surface area contributed by atoms with Gasteiger partial charge in [-0.15, -0.1) is 0 Å². The van der Waals surface area contributed by atoms with Gasteiger partial charge in [0.05, 0.1) is 0 Å². The average molecular weight is 231 g/mol. The van der Waals surface area contributed by atoms with Gasteiger partial charge in [-0.2, -0.15) is 0 Å². The normalized spacial score (nSPS) is 12.7. The van der Waals surface area contributed by atoms with Crippen molar-refractivity contribution in [2.24, 2.45) is 0 Å². The van der Waals surface area contributed by atoms with Crippen molar-refractivity contribution in [3.8, 4) is 0 Å². The van der Waals surface area contributed by atoms with Crippen molar-refractivity contribution in [3.05, 3.63) is 27.9 Å². The summed E-state index contributed by atoms with van der Waals surface area (Å²) in [5, 5.41) is 0.0216. The third kappa shape index (κ3) is 3.04. The number of aromatic nitrogens is 2. The predicted molar refractivity (Wildman–Crippen MR) is 59.3 cm³/mol. The first-order valence-electron chi connectivity index (χ1n) is 4.92. The van der Waals surface area contributed by atoms with E-state index in [2.05, 4.69) is 4.98 Å². The number of hydrogen-bond acceptors (Lipinski definition) is 3. The lowest BCUT2D eigenvalue weighted by molar-refractivity contribution is 0.176. The summed E-state index contributed by atoms with van der Waals surface area (Å²) in [6.07, 6.45) is 4.87. The van der Waals surface area contributed by atoms with E-state index in [1.54, 1.807) is 24.1 Å². The quantitative estimate of drug-likeness (QED) is 0.776. The Bertz CT molecular complexity index is 365. The van der Waals surface area contributed by atoms with Crippen LogP contribution < -0.4 is 5.56 Å². The zero-order valence-electron chi connectivity index (χ0n) is 8.94. The third-order valence-electron chi connectivity index (χ3n) is 2.35. The molecule has 5 heteroatoms. The summed E-state index contributed by atoms with van der Waals surface area (Å²) in [7, 11) is 1.65. The van der Waals surface area contributed by atoms with Gasteiger partial charge in [-0.3, -0.25) is 4.79 Å². The smallest absolute Gasteiger partial charge is 0.288 e. The third-order valence-corrected chi connectivity index (χ3v) is 2.61. The SMILES string of the molecule is CCC(CCOC)n1ccnc(Cl)c1=O. The van der Waals surface area contributed by atoms with Gasteiger partial charge in [-0.1, -0.05) is 18.5 Å². The highest BCUT2D eigenvalue weighted by Crippen LogP contribution is 2.13. The molecule has 1 atom stereocenters. The fourth-order valence-corrected chi connectivity index (χ4v) is 1.64. The maximum Gasteiger partial charge on any atom is 0.288 e. The molecule has 0 saturated carbocycles. The highest BCUT2D eigenvalue weighted by atomic mass is 35.5. The van der Waals surface area contributed by atoms with Gasteiger partial charge in [0, 0.05) is 32.2 Å². The van der Waals surface area contributed by atoms with E-state index in [1.165, 1.54) is 0 Å². The molecule has 0 N–H and O–H groups in total. The summed E-state index contributed by atoms with van der Waals surface area (Å²) < 4.78 is 6.62. The average Bonchev–Trinajstić information content (AvgIpc) is 2.25. The monoisotopic (exact) mass is 230 g/mol. The maximum absolute atomic E-state index is 11.7. The van der Waals surface area contributed by atoms with Crippen LogP contribution in [0.4, 0.5) is 0 Å². The zero-order chi connectivity index (χ0) is 11.3. The number of rotatable bonds is 5. The van der Waals surface area contributed by atoms with Crippen molar-refractivity contribution in [3.63, 3.8) is 0 Å². The number of halogens is 1. The van der Waals surface area contributed by atoms with Crippen molar-refractivity contribution in [2.45, 2.75) is 25.8 Å². The highest BCUT2D eigenvalue weighted by molar-refractivity contribution is 6.29. The minimum atomic E-state index is -0.234. The molecule has 15 heavy (non-hydrogen) atoms. The lowest BCUT2D eigenvalue weighted by Gasteiger charge is -2.17. The molecule has 0 aliphatic heterocycles. The van der Waals surface area contributed by atoms with Crippen molar-refractivity contribution in [1.29, 1.82) is 0 Å². The van der Waals surface area contributed by atoms with Gasteiger partial charge < -0.3 is 9.30 Å². The van der Waals surface area contributed by atoms with E-state index in [0.717, 1.165) is 12.8 Å². The molecule has 0 fully saturated rings. The standard InChI is InChI=1S/C10H15ClN2O2/c1-3-8(4-7-15-2)13-6-5-12-9(11)10(13)14/h5-6,8H,3-4,7H2,1-2H3. The topological polar surface area (TPSA) is 44.1 Å². The molecule has 0 aliphatic carbocycles. The second kappa shape index (κ2) is 5.88. The predicted octanol–water partition coefficient (Wildman–Crippen LogP) is 1.88. The van der Waals surface area contributed by atoms with Gasteiger partial charge in [0.2, 0.25) is 0 Å². The molecule has 1 aromatic rings. The largest absolute Gasteiger partial charge is 0.385 e. The fraction of sp³-hybridized carbons (Fsp3) is 0.600. The number of methoxy groups -OCH3 is 1. The van der Waals surface area contributed by atoms with E-state index in [1.807, 2.05) is 6.92 Å².